The van der Waals surface area contributed by atoms with Gasteiger partial charge in [-0.1, -0.05) is 0 Å². The van der Waals surface area contributed by atoms with Crippen molar-refractivity contribution in [2.45, 2.75) is 51.5 Å². The normalized spacial score (nSPS) is 24.8. The van der Waals surface area contributed by atoms with E-state index in [0.717, 1.165) is 12.3 Å². The quantitative estimate of drug-likeness (QED) is 0.812. The van der Waals surface area contributed by atoms with Crippen LogP contribution in [0, 0.1) is 5.92 Å². The number of hydrogen-bond acceptors (Lipinski definition) is 3. The lowest BCUT2D eigenvalue weighted by molar-refractivity contribution is 0.147. The van der Waals surface area contributed by atoms with Gasteiger partial charge in [-0.25, -0.2) is 0 Å². The van der Waals surface area contributed by atoms with Crippen molar-refractivity contribution in [3.05, 3.63) is 0 Å². The summed E-state index contributed by atoms with van der Waals surface area (Å²) in [7, 11) is 0. The monoisotopic (exact) mass is 253 g/mol. The van der Waals surface area contributed by atoms with Gasteiger partial charge in [0.1, 0.15) is 0 Å². The zero-order valence-electron chi connectivity index (χ0n) is 12.3. The van der Waals surface area contributed by atoms with Crippen molar-refractivity contribution in [3.8, 4) is 0 Å². The van der Waals surface area contributed by atoms with Crippen LogP contribution in [0.2, 0.25) is 0 Å². The molecule has 2 rings (SSSR count). The predicted molar refractivity (Wildman–Crippen MR) is 77.7 cm³/mol. The van der Waals surface area contributed by atoms with E-state index in [1.165, 1.54) is 65.0 Å². The minimum atomic E-state index is -0.00754. The van der Waals surface area contributed by atoms with Gasteiger partial charge in [0, 0.05) is 12.1 Å². The van der Waals surface area contributed by atoms with E-state index >= 15 is 0 Å². The van der Waals surface area contributed by atoms with Crippen molar-refractivity contribution in [1.29, 1.82) is 0 Å². The summed E-state index contributed by atoms with van der Waals surface area (Å²) >= 11 is 0. The van der Waals surface area contributed by atoms with Gasteiger partial charge < -0.3 is 15.5 Å². The highest BCUT2D eigenvalue weighted by Crippen LogP contribution is 2.21. The van der Waals surface area contributed by atoms with Gasteiger partial charge in [0.25, 0.3) is 0 Å². The van der Waals surface area contributed by atoms with Gasteiger partial charge >= 0.3 is 0 Å². The minimum absolute atomic E-state index is 0.00754. The smallest absolute Gasteiger partial charge is 0.0109 e. The molecule has 2 N–H and O–H groups in total. The Morgan fingerprint density at radius 3 is 2.17 bits per heavy atom. The van der Waals surface area contributed by atoms with Crippen LogP contribution in [0.25, 0.3) is 0 Å². The number of hydrogen-bond donors (Lipinski definition) is 1. The van der Waals surface area contributed by atoms with E-state index in [-0.39, 0.29) is 5.54 Å². The Bertz CT molecular complexity index is 233. The van der Waals surface area contributed by atoms with Gasteiger partial charge in [-0.05, 0) is 84.6 Å². The second-order valence-corrected chi connectivity index (χ2v) is 7.03. The average molecular weight is 253 g/mol. The van der Waals surface area contributed by atoms with E-state index in [0.29, 0.717) is 0 Å². The molecule has 0 radical (unpaired) electrons. The van der Waals surface area contributed by atoms with Gasteiger partial charge in [-0.3, -0.25) is 0 Å². The molecule has 0 unspecified atom stereocenters. The van der Waals surface area contributed by atoms with Crippen molar-refractivity contribution >= 4 is 0 Å². The summed E-state index contributed by atoms with van der Waals surface area (Å²) in [6, 6.07) is 0. The molecule has 0 aromatic carbocycles. The molecule has 18 heavy (non-hydrogen) atoms. The third-order valence-corrected chi connectivity index (χ3v) is 4.49. The molecule has 0 amide bonds. The summed E-state index contributed by atoms with van der Waals surface area (Å²) in [6.07, 6.45) is 6.74. The molecule has 0 aromatic rings. The highest BCUT2D eigenvalue weighted by molar-refractivity contribution is 4.79. The summed E-state index contributed by atoms with van der Waals surface area (Å²) in [4.78, 5) is 5.28. The van der Waals surface area contributed by atoms with Crippen LogP contribution in [-0.4, -0.2) is 54.6 Å². The fourth-order valence-electron chi connectivity index (χ4n) is 3.17. The van der Waals surface area contributed by atoms with Crippen molar-refractivity contribution in [2.24, 2.45) is 11.7 Å². The third kappa shape index (κ3) is 4.87. The molecule has 2 heterocycles. The van der Waals surface area contributed by atoms with Crippen molar-refractivity contribution in [3.63, 3.8) is 0 Å². The Balaban J connectivity index is 1.61. The zero-order valence-corrected chi connectivity index (χ0v) is 12.3. The predicted octanol–water partition coefficient (Wildman–Crippen LogP) is 1.92. The van der Waals surface area contributed by atoms with E-state index in [1.54, 1.807) is 0 Å². The van der Waals surface area contributed by atoms with Crippen LogP contribution in [0.1, 0.15) is 46.0 Å². The summed E-state index contributed by atoms with van der Waals surface area (Å²) in [5.74, 6) is 0.949. The molecule has 3 heteroatoms. The fourth-order valence-corrected chi connectivity index (χ4v) is 3.17. The molecule has 2 saturated heterocycles. The second kappa shape index (κ2) is 6.36. The first-order valence-electron chi connectivity index (χ1n) is 7.76. The first kappa shape index (κ1) is 14.3. The lowest BCUT2D eigenvalue weighted by Gasteiger charge is -2.35. The first-order valence-corrected chi connectivity index (χ1v) is 7.76. The summed E-state index contributed by atoms with van der Waals surface area (Å²) in [5.41, 5.74) is 6.05. The highest BCUT2D eigenvalue weighted by atomic mass is 15.2. The summed E-state index contributed by atoms with van der Waals surface area (Å²) < 4.78 is 0. The molecule has 0 saturated carbocycles. The number of nitrogens with zero attached hydrogens (tertiary/aromatic N) is 2. The van der Waals surface area contributed by atoms with Gasteiger partial charge in [0.2, 0.25) is 0 Å². The van der Waals surface area contributed by atoms with Crippen LogP contribution in [0.3, 0.4) is 0 Å². The van der Waals surface area contributed by atoms with E-state index in [4.69, 9.17) is 5.73 Å². The van der Waals surface area contributed by atoms with Crippen LogP contribution < -0.4 is 5.73 Å². The van der Waals surface area contributed by atoms with Crippen molar-refractivity contribution < 1.29 is 0 Å². The number of piperidine rings is 1. The van der Waals surface area contributed by atoms with E-state index in [2.05, 4.69) is 23.6 Å². The molecule has 106 valence electrons. The number of likely N-dealkylation sites (tertiary alicyclic amines) is 2. The van der Waals surface area contributed by atoms with Gasteiger partial charge in [-0.2, -0.15) is 0 Å². The van der Waals surface area contributed by atoms with Crippen LogP contribution in [0.5, 0.6) is 0 Å². The Morgan fingerprint density at radius 1 is 1.00 bits per heavy atom. The molecule has 0 spiro atoms. The molecule has 3 nitrogen and oxygen atoms in total. The number of rotatable bonds is 5. The second-order valence-electron chi connectivity index (χ2n) is 7.03. The maximum Gasteiger partial charge on any atom is 0.0109 e. The molecule has 0 aromatic heterocycles. The van der Waals surface area contributed by atoms with Gasteiger partial charge in [0.15, 0.2) is 0 Å². The lowest BCUT2D eigenvalue weighted by atomic mass is 9.95. The molecular weight excluding hydrogens is 222 g/mol. The summed E-state index contributed by atoms with van der Waals surface area (Å²) in [6.45, 7) is 12.1. The maximum absolute atomic E-state index is 6.06. The number of nitrogens with two attached hydrogens (primary N) is 1. The van der Waals surface area contributed by atoms with Gasteiger partial charge in [-0.15, -0.1) is 0 Å². The maximum atomic E-state index is 6.06. The van der Waals surface area contributed by atoms with Crippen LogP contribution in [0.4, 0.5) is 0 Å². The van der Waals surface area contributed by atoms with E-state index < -0.39 is 0 Å². The SMILES string of the molecule is CC(C)(N)CCN1CCC(CN2CCCC2)CC1. The molecule has 2 aliphatic rings. The Hall–Kier alpha value is -0.120. The Kier molecular flexibility index (Phi) is 5.05. The van der Waals surface area contributed by atoms with Crippen molar-refractivity contribution in [2.75, 3.05) is 39.3 Å². The Morgan fingerprint density at radius 2 is 1.61 bits per heavy atom. The van der Waals surface area contributed by atoms with Crippen LogP contribution in [-0.2, 0) is 0 Å². The Labute approximate surface area is 113 Å². The minimum Gasteiger partial charge on any atom is -0.326 e. The fraction of sp³-hybridized carbons (Fsp3) is 1.00. The average Bonchev–Trinajstić information content (AvgIpc) is 2.80. The third-order valence-electron chi connectivity index (χ3n) is 4.49. The van der Waals surface area contributed by atoms with E-state index in [9.17, 15) is 0 Å². The molecule has 2 fully saturated rings. The molecule has 0 bridgehead atoms. The zero-order chi connectivity index (χ0) is 13.0. The lowest BCUT2D eigenvalue weighted by Crippen LogP contribution is -2.42. The molecule has 2 aliphatic heterocycles. The largest absolute Gasteiger partial charge is 0.326 e. The van der Waals surface area contributed by atoms with Crippen LogP contribution >= 0.6 is 0 Å². The topological polar surface area (TPSA) is 32.5 Å². The van der Waals surface area contributed by atoms with Crippen LogP contribution in [0.15, 0.2) is 0 Å². The molecular formula is C15H31N3. The molecule has 0 aliphatic carbocycles. The highest BCUT2D eigenvalue weighted by Gasteiger charge is 2.23. The first-order chi connectivity index (χ1) is 8.53. The van der Waals surface area contributed by atoms with E-state index in [1.807, 2.05) is 0 Å². The van der Waals surface area contributed by atoms with Crippen molar-refractivity contribution in [1.82, 2.24) is 9.80 Å². The standard InChI is InChI=1S/C15H31N3/c1-15(2,16)7-12-17-10-5-14(6-11-17)13-18-8-3-4-9-18/h14H,3-13,16H2,1-2H3. The molecule has 0 atom stereocenters. The van der Waals surface area contributed by atoms with Gasteiger partial charge in [0.05, 0.1) is 0 Å². The summed E-state index contributed by atoms with van der Waals surface area (Å²) in [5, 5.41) is 0.